The Balaban J connectivity index is 2.13. The fourth-order valence-corrected chi connectivity index (χ4v) is 5.30. The van der Waals surface area contributed by atoms with Crippen LogP contribution >= 0.6 is 11.8 Å². The van der Waals surface area contributed by atoms with Crippen molar-refractivity contribution in [2.45, 2.75) is 23.3 Å². The average Bonchev–Trinajstić information content (AvgIpc) is 3.11. The summed E-state index contributed by atoms with van der Waals surface area (Å²) < 4.78 is 23.5. The van der Waals surface area contributed by atoms with Crippen LogP contribution in [0.5, 0.6) is 0 Å². The number of carbonyl (C=O) groups excluding carboxylic acids is 1. The van der Waals surface area contributed by atoms with E-state index in [9.17, 15) is 23.1 Å². The smallest absolute Gasteiger partial charge is 0.330 e. The lowest BCUT2D eigenvalue weighted by atomic mass is 9.95. The quantitative estimate of drug-likeness (QED) is 0.551. The Morgan fingerprint density at radius 3 is 2.65 bits per heavy atom. The highest BCUT2D eigenvalue weighted by Gasteiger charge is 2.71. The molecule has 1 saturated heterocycles. The number of nitrogens with two attached hydrogens (primary N) is 1. The zero-order valence-electron chi connectivity index (χ0n) is 10.9. The standard InChI is InChI=1S/C11H17N2O5S2/c1-19-3-2-7(12)9(14)13-11(10(15)16)5-20(17,18)8-4-6(8)11/h4,6-8H,2-3,5,12H2,1H3,(H,13,14)(H,15,16)/t6-,7+,8+,11+/m1/s1. The molecule has 20 heavy (non-hydrogen) atoms. The highest BCUT2D eigenvalue weighted by Crippen LogP contribution is 2.51. The normalized spacial score (nSPS) is 35.1. The average molecular weight is 321 g/mol. The molecule has 1 aliphatic heterocycles. The molecule has 0 aromatic carbocycles. The molecule has 0 aromatic heterocycles. The lowest BCUT2D eigenvalue weighted by Gasteiger charge is -2.28. The van der Waals surface area contributed by atoms with Crippen molar-refractivity contribution in [3.05, 3.63) is 6.42 Å². The number of amides is 1. The largest absolute Gasteiger partial charge is 0.479 e. The molecule has 2 rings (SSSR count). The summed E-state index contributed by atoms with van der Waals surface area (Å²) in [4.78, 5) is 23.4. The van der Waals surface area contributed by atoms with Crippen molar-refractivity contribution >= 4 is 33.5 Å². The van der Waals surface area contributed by atoms with Crippen molar-refractivity contribution in [2.75, 3.05) is 17.8 Å². The molecular weight excluding hydrogens is 304 g/mol. The van der Waals surface area contributed by atoms with E-state index < -0.39 is 50.2 Å². The fraction of sp³-hybridized carbons (Fsp3) is 0.727. The third kappa shape index (κ3) is 2.53. The van der Waals surface area contributed by atoms with E-state index in [4.69, 9.17) is 5.73 Å². The number of aliphatic carboxylic acids is 1. The summed E-state index contributed by atoms with van der Waals surface area (Å²) in [7, 11) is -3.49. The van der Waals surface area contributed by atoms with Crippen LogP contribution in [0.25, 0.3) is 0 Å². The molecule has 0 unspecified atom stereocenters. The van der Waals surface area contributed by atoms with Gasteiger partial charge in [0, 0.05) is 5.92 Å². The number of fused-ring (bicyclic) bond motifs is 1. The van der Waals surface area contributed by atoms with Crippen LogP contribution in [0.15, 0.2) is 0 Å². The maximum absolute atomic E-state index is 12.0. The Hall–Kier alpha value is -0.800. The first kappa shape index (κ1) is 15.6. The molecule has 4 atom stereocenters. The van der Waals surface area contributed by atoms with E-state index in [1.165, 1.54) is 18.2 Å². The van der Waals surface area contributed by atoms with Gasteiger partial charge in [-0.25, -0.2) is 13.2 Å². The lowest BCUT2D eigenvalue weighted by Crippen LogP contribution is -2.61. The molecule has 2 aliphatic rings. The highest BCUT2D eigenvalue weighted by atomic mass is 32.2. The number of nitrogens with one attached hydrogen (secondary N) is 1. The van der Waals surface area contributed by atoms with E-state index in [0.29, 0.717) is 12.2 Å². The summed E-state index contributed by atoms with van der Waals surface area (Å²) in [5, 5.41) is 11.0. The Morgan fingerprint density at radius 1 is 1.60 bits per heavy atom. The zero-order chi connectivity index (χ0) is 15.1. The van der Waals surface area contributed by atoms with Crippen LogP contribution in [0.2, 0.25) is 0 Å². The van der Waals surface area contributed by atoms with Gasteiger partial charge in [-0.05, 0) is 24.9 Å². The van der Waals surface area contributed by atoms with Gasteiger partial charge in [0.1, 0.15) is 0 Å². The second-order valence-corrected chi connectivity index (χ2v) is 8.29. The first-order valence-electron chi connectivity index (χ1n) is 6.11. The number of carbonyl (C=O) groups is 2. The minimum atomic E-state index is -3.49. The van der Waals surface area contributed by atoms with Gasteiger partial charge in [0.15, 0.2) is 15.4 Å². The van der Waals surface area contributed by atoms with Crippen molar-refractivity contribution in [1.29, 1.82) is 0 Å². The molecule has 0 aromatic rings. The molecule has 1 heterocycles. The van der Waals surface area contributed by atoms with E-state index in [1.54, 1.807) is 0 Å². The number of hydrogen-bond acceptors (Lipinski definition) is 6. The molecule has 1 amide bonds. The predicted molar refractivity (Wildman–Crippen MR) is 74.8 cm³/mol. The van der Waals surface area contributed by atoms with Crippen LogP contribution in [0.3, 0.4) is 0 Å². The Bertz CT molecular complexity index is 535. The van der Waals surface area contributed by atoms with Gasteiger partial charge in [-0.1, -0.05) is 0 Å². The summed E-state index contributed by atoms with van der Waals surface area (Å²) in [6.45, 7) is 0. The molecule has 1 aliphatic carbocycles. The fourth-order valence-electron chi connectivity index (χ4n) is 2.50. The van der Waals surface area contributed by atoms with Crippen molar-refractivity contribution in [1.82, 2.24) is 5.32 Å². The van der Waals surface area contributed by atoms with E-state index in [0.717, 1.165) is 0 Å². The third-order valence-corrected chi connectivity index (χ3v) is 6.50. The number of thioether (sulfide) groups is 1. The number of hydrogen-bond donors (Lipinski definition) is 3. The van der Waals surface area contributed by atoms with Gasteiger partial charge in [-0.3, -0.25) is 4.79 Å². The molecule has 9 heteroatoms. The summed E-state index contributed by atoms with van der Waals surface area (Å²) in [6.07, 6.45) is 3.73. The monoisotopic (exact) mass is 321 g/mol. The molecule has 0 spiro atoms. The Kier molecular flexibility index (Phi) is 4.05. The van der Waals surface area contributed by atoms with E-state index in [-0.39, 0.29) is 0 Å². The summed E-state index contributed by atoms with van der Waals surface area (Å²) in [5.74, 6) is -2.49. The molecule has 0 bridgehead atoms. The van der Waals surface area contributed by atoms with Crippen molar-refractivity contribution in [3.8, 4) is 0 Å². The third-order valence-electron chi connectivity index (χ3n) is 3.72. The number of sulfone groups is 1. The summed E-state index contributed by atoms with van der Waals surface area (Å²) in [5.41, 5.74) is 3.94. The summed E-state index contributed by atoms with van der Waals surface area (Å²) >= 11 is 1.53. The first-order chi connectivity index (χ1) is 9.24. The van der Waals surface area contributed by atoms with Crippen molar-refractivity contribution < 1.29 is 23.1 Å². The van der Waals surface area contributed by atoms with Gasteiger partial charge in [0.05, 0.1) is 17.0 Å². The molecule has 2 fully saturated rings. The highest BCUT2D eigenvalue weighted by molar-refractivity contribution is 7.98. The van der Waals surface area contributed by atoms with Gasteiger partial charge in [-0.15, -0.1) is 0 Å². The molecule has 1 saturated carbocycles. The summed E-state index contributed by atoms with van der Waals surface area (Å²) in [6, 6.07) is -0.834. The second kappa shape index (κ2) is 5.19. The van der Waals surface area contributed by atoms with Crippen LogP contribution in [0.1, 0.15) is 6.42 Å². The minimum Gasteiger partial charge on any atom is -0.479 e. The van der Waals surface area contributed by atoms with Crippen LogP contribution in [-0.4, -0.2) is 60.0 Å². The van der Waals surface area contributed by atoms with Gasteiger partial charge < -0.3 is 16.2 Å². The molecule has 113 valence electrons. The molecule has 4 N–H and O–H groups in total. The van der Waals surface area contributed by atoms with Crippen LogP contribution in [0, 0.1) is 12.3 Å². The molecule has 1 radical (unpaired) electrons. The van der Waals surface area contributed by atoms with Gasteiger partial charge in [0.2, 0.25) is 5.91 Å². The molecular formula is C11H17N2O5S2. The first-order valence-corrected chi connectivity index (χ1v) is 9.22. The SMILES string of the molecule is CSCC[C@H](N)C(=O)N[C@@]1(C(=O)O)CS(=O)(=O)[C@H]2[CH][C@H]21. The number of carboxylic acids is 1. The van der Waals surface area contributed by atoms with Crippen LogP contribution < -0.4 is 11.1 Å². The van der Waals surface area contributed by atoms with Gasteiger partial charge in [-0.2, -0.15) is 11.8 Å². The number of rotatable bonds is 6. The van der Waals surface area contributed by atoms with E-state index in [2.05, 4.69) is 5.32 Å². The Morgan fingerprint density at radius 2 is 2.25 bits per heavy atom. The zero-order valence-corrected chi connectivity index (χ0v) is 12.5. The van der Waals surface area contributed by atoms with E-state index in [1.807, 2.05) is 6.26 Å². The van der Waals surface area contributed by atoms with E-state index >= 15 is 0 Å². The topological polar surface area (TPSA) is 127 Å². The maximum Gasteiger partial charge on any atom is 0.330 e. The van der Waals surface area contributed by atoms with Crippen LogP contribution in [-0.2, 0) is 19.4 Å². The minimum absolute atomic E-state index is 0.410. The number of carboxylic acid groups (broad SMARTS) is 1. The van der Waals surface area contributed by atoms with Gasteiger partial charge in [0.25, 0.3) is 0 Å². The van der Waals surface area contributed by atoms with Crippen molar-refractivity contribution in [2.24, 2.45) is 11.7 Å². The predicted octanol–water partition coefficient (Wildman–Crippen LogP) is -1.36. The second-order valence-electron chi connectivity index (χ2n) is 5.14. The molecule has 7 nitrogen and oxygen atoms in total. The Labute approximate surface area is 121 Å². The maximum atomic E-state index is 12.0. The van der Waals surface area contributed by atoms with Gasteiger partial charge >= 0.3 is 5.97 Å². The van der Waals surface area contributed by atoms with Crippen LogP contribution in [0.4, 0.5) is 0 Å². The van der Waals surface area contributed by atoms with Crippen molar-refractivity contribution in [3.63, 3.8) is 0 Å². The lowest BCUT2D eigenvalue weighted by molar-refractivity contribution is -0.147.